The third-order valence-corrected chi connectivity index (χ3v) is 2.43. The van der Waals surface area contributed by atoms with Gasteiger partial charge in [-0.3, -0.25) is 0 Å². The molecule has 0 spiro atoms. The van der Waals surface area contributed by atoms with E-state index in [0.717, 1.165) is 6.54 Å². The summed E-state index contributed by atoms with van der Waals surface area (Å²) in [5.74, 6) is 0.215. The molecule has 0 radical (unpaired) electrons. The smallest absolute Gasteiger partial charge is 0.129 e. The molecular formula is C13H17FN2. The van der Waals surface area contributed by atoms with E-state index < -0.39 is 0 Å². The molecule has 1 aromatic rings. The molecule has 2 nitrogen and oxygen atoms in total. The Balaban J connectivity index is 2.76. The number of hydrogen-bond donors (Lipinski definition) is 1. The highest BCUT2D eigenvalue weighted by atomic mass is 19.1. The van der Waals surface area contributed by atoms with E-state index in [1.165, 1.54) is 6.07 Å². The van der Waals surface area contributed by atoms with Crippen molar-refractivity contribution in [3.63, 3.8) is 0 Å². The molecule has 1 rings (SSSR count). The van der Waals surface area contributed by atoms with E-state index in [-0.39, 0.29) is 11.9 Å². The van der Waals surface area contributed by atoms with Gasteiger partial charge in [-0.2, -0.15) is 5.26 Å². The first kappa shape index (κ1) is 12.7. The van der Waals surface area contributed by atoms with E-state index >= 15 is 0 Å². The Morgan fingerprint density at radius 2 is 2.06 bits per heavy atom. The standard InChI is InChI=1S/C13H17FN2/c1-9(2)8-16-10(3)12-5-4-11(7-15)6-13(12)14/h4-6,9-10,16H,8H2,1-3H3. The Kier molecular flexibility index (Phi) is 4.45. The second-order valence-corrected chi connectivity index (χ2v) is 4.37. The van der Waals surface area contributed by atoms with Crippen molar-refractivity contribution in [1.29, 1.82) is 5.26 Å². The summed E-state index contributed by atoms with van der Waals surface area (Å²) in [6.07, 6.45) is 0. The van der Waals surface area contributed by atoms with Crippen LogP contribution in [0.3, 0.4) is 0 Å². The van der Waals surface area contributed by atoms with Crippen molar-refractivity contribution in [2.75, 3.05) is 6.54 Å². The number of halogens is 1. The van der Waals surface area contributed by atoms with Gasteiger partial charge in [0, 0.05) is 11.6 Å². The third kappa shape index (κ3) is 3.32. The van der Waals surface area contributed by atoms with Gasteiger partial charge >= 0.3 is 0 Å². The average Bonchev–Trinajstić information content (AvgIpc) is 2.25. The van der Waals surface area contributed by atoms with Crippen molar-refractivity contribution in [2.45, 2.75) is 26.8 Å². The Bertz CT molecular complexity index is 393. The zero-order valence-electron chi connectivity index (χ0n) is 9.92. The lowest BCUT2D eigenvalue weighted by atomic mass is 10.0. The fourth-order valence-corrected chi connectivity index (χ4v) is 1.47. The minimum atomic E-state index is -0.317. The van der Waals surface area contributed by atoms with Gasteiger partial charge in [-0.15, -0.1) is 0 Å². The van der Waals surface area contributed by atoms with Crippen molar-refractivity contribution in [3.05, 3.63) is 35.1 Å². The van der Waals surface area contributed by atoms with E-state index in [0.29, 0.717) is 17.0 Å². The molecule has 1 atom stereocenters. The van der Waals surface area contributed by atoms with Crippen LogP contribution < -0.4 is 5.32 Å². The monoisotopic (exact) mass is 220 g/mol. The van der Waals surface area contributed by atoms with E-state index in [1.54, 1.807) is 12.1 Å². The molecule has 0 amide bonds. The summed E-state index contributed by atoms with van der Waals surface area (Å²) in [7, 11) is 0. The van der Waals surface area contributed by atoms with Gasteiger partial charge in [-0.05, 0) is 31.5 Å². The summed E-state index contributed by atoms with van der Waals surface area (Å²) in [5.41, 5.74) is 0.969. The molecule has 0 aliphatic carbocycles. The number of rotatable bonds is 4. The second kappa shape index (κ2) is 5.62. The highest BCUT2D eigenvalue weighted by molar-refractivity contribution is 5.34. The molecule has 0 bridgehead atoms. The summed E-state index contributed by atoms with van der Waals surface area (Å²) in [6.45, 7) is 6.98. The molecule has 0 fully saturated rings. The zero-order valence-corrected chi connectivity index (χ0v) is 9.92. The minimum Gasteiger partial charge on any atom is -0.310 e. The number of nitriles is 1. The van der Waals surface area contributed by atoms with Crippen molar-refractivity contribution >= 4 is 0 Å². The highest BCUT2D eigenvalue weighted by Crippen LogP contribution is 2.18. The third-order valence-electron chi connectivity index (χ3n) is 2.43. The van der Waals surface area contributed by atoms with Gasteiger partial charge < -0.3 is 5.32 Å². The molecule has 0 aromatic heterocycles. The predicted octanol–water partition coefficient (Wildman–Crippen LogP) is 3.00. The Morgan fingerprint density at radius 1 is 1.38 bits per heavy atom. The van der Waals surface area contributed by atoms with Crippen LogP contribution in [0, 0.1) is 23.1 Å². The van der Waals surface area contributed by atoms with Crippen LogP contribution in [0.4, 0.5) is 4.39 Å². The number of hydrogen-bond acceptors (Lipinski definition) is 2. The molecule has 0 saturated heterocycles. The van der Waals surface area contributed by atoms with Gasteiger partial charge in [0.1, 0.15) is 5.82 Å². The molecule has 1 unspecified atom stereocenters. The molecule has 1 N–H and O–H groups in total. The topological polar surface area (TPSA) is 35.8 Å². The second-order valence-electron chi connectivity index (χ2n) is 4.37. The van der Waals surface area contributed by atoms with Crippen molar-refractivity contribution in [1.82, 2.24) is 5.32 Å². The SMILES string of the molecule is CC(C)CNC(C)c1ccc(C#N)cc1F. The van der Waals surface area contributed by atoms with E-state index in [4.69, 9.17) is 5.26 Å². The largest absolute Gasteiger partial charge is 0.310 e. The molecule has 86 valence electrons. The van der Waals surface area contributed by atoms with E-state index in [2.05, 4.69) is 19.2 Å². The average molecular weight is 220 g/mol. The summed E-state index contributed by atoms with van der Waals surface area (Å²) in [4.78, 5) is 0. The molecule has 0 aliphatic rings. The molecular weight excluding hydrogens is 203 g/mol. The summed E-state index contributed by atoms with van der Waals surface area (Å²) >= 11 is 0. The lowest BCUT2D eigenvalue weighted by Crippen LogP contribution is -2.24. The summed E-state index contributed by atoms with van der Waals surface area (Å²) in [5, 5.41) is 11.9. The highest BCUT2D eigenvalue weighted by Gasteiger charge is 2.11. The number of nitrogens with zero attached hydrogens (tertiary/aromatic N) is 1. The Morgan fingerprint density at radius 3 is 2.56 bits per heavy atom. The van der Waals surface area contributed by atoms with Crippen LogP contribution in [-0.4, -0.2) is 6.54 Å². The molecule has 16 heavy (non-hydrogen) atoms. The van der Waals surface area contributed by atoms with Crippen LogP contribution in [0.1, 0.15) is 37.9 Å². The van der Waals surface area contributed by atoms with Gasteiger partial charge in [0.2, 0.25) is 0 Å². The predicted molar refractivity (Wildman–Crippen MR) is 62.4 cm³/mol. The molecule has 0 saturated carbocycles. The minimum absolute atomic E-state index is 0.0323. The summed E-state index contributed by atoms with van der Waals surface area (Å²) in [6, 6.07) is 6.49. The zero-order chi connectivity index (χ0) is 12.1. The quantitative estimate of drug-likeness (QED) is 0.846. The van der Waals surface area contributed by atoms with Crippen molar-refractivity contribution in [2.24, 2.45) is 5.92 Å². The maximum Gasteiger partial charge on any atom is 0.129 e. The van der Waals surface area contributed by atoms with Crippen LogP contribution in [0.25, 0.3) is 0 Å². The van der Waals surface area contributed by atoms with Crippen LogP contribution >= 0.6 is 0 Å². The Hall–Kier alpha value is -1.40. The van der Waals surface area contributed by atoms with Crippen LogP contribution in [0.2, 0.25) is 0 Å². The number of benzene rings is 1. The van der Waals surface area contributed by atoms with Crippen LogP contribution in [0.15, 0.2) is 18.2 Å². The fourth-order valence-electron chi connectivity index (χ4n) is 1.47. The first-order valence-electron chi connectivity index (χ1n) is 5.47. The van der Waals surface area contributed by atoms with E-state index in [1.807, 2.05) is 13.0 Å². The van der Waals surface area contributed by atoms with Gasteiger partial charge in [0.15, 0.2) is 0 Å². The summed E-state index contributed by atoms with van der Waals surface area (Å²) < 4.78 is 13.6. The van der Waals surface area contributed by atoms with Gasteiger partial charge in [0.25, 0.3) is 0 Å². The van der Waals surface area contributed by atoms with Crippen LogP contribution in [0.5, 0.6) is 0 Å². The first-order valence-corrected chi connectivity index (χ1v) is 5.47. The van der Waals surface area contributed by atoms with Gasteiger partial charge in [-0.1, -0.05) is 19.9 Å². The van der Waals surface area contributed by atoms with Crippen molar-refractivity contribution in [3.8, 4) is 6.07 Å². The fraction of sp³-hybridized carbons (Fsp3) is 0.462. The normalized spacial score (nSPS) is 12.5. The van der Waals surface area contributed by atoms with Crippen molar-refractivity contribution < 1.29 is 4.39 Å². The van der Waals surface area contributed by atoms with Crippen LogP contribution in [-0.2, 0) is 0 Å². The van der Waals surface area contributed by atoms with Gasteiger partial charge in [-0.25, -0.2) is 4.39 Å². The lowest BCUT2D eigenvalue weighted by molar-refractivity contribution is 0.479. The van der Waals surface area contributed by atoms with E-state index in [9.17, 15) is 4.39 Å². The molecule has 0 heterocycles. The maximum atomic E-state index is 13.6. The van der Waals surface area contributed by atoms with Gasteiger partial charge in [0.05, 0.1) is 11.6 Å². The number of nitrogens with one attached hydrogen (secondary N) is 1. The maximum absolute atomic E-state index is 13.6. The Labute approximate surface area is 96.1 Å². The lowest BCUT2D eigenvalue weighted by Gasteiger charge is -2.16. The molecule has 1 aromatic carbocycles. The first-order chi connectivity index (χ1) is 7.54. The molecule has 0 aliphatic heterocycles. The molecule has 3 heteroatoms.